The van der Waals surface area contributed by atoms with Gasteiger partial charge in [0.05, 0.1) is 11.7 Å². The molecule has 0 saturated heterocycles. The zero-order valence-electron chi connectivity index (χ0n) is 9.68. The number of amides is 1. The van der Waals surface area contributed by atoms with E-state index in [0.717, 1.165) is 16.5 Å². The number of nitrogens with one attached hydrogen (secondary N) is 1. The highest BCUT2D eigenvalue weighted by molar-refractivity contribution is 7.80. The standard InChI is InChI=1S/C12H15N3OS/c1-15-11-6-9(2-3-10(11)8-14-15)7-13-12(16)4-5-17/h2-3,6,8,17H,4-5,7H2,1H3,(H,13,16). The molecule has 0 spiro atoms. The maximum absolute atomic E-state index is 11.3. The molecule has 0 aliphatic rings. The number of aromatic nitrogens is 2. The summed E-state index contributed by atoms with van der Waals surface area (Å²) in [5.74, 6) is 0.608. The van der Waals surface area contributed by atoms with Crippen molar-refractivity contribution < 1.29 is 4.79 Å². The van der Waals surface area contributed by atoms with Crippen LogP contribution in [0.15, 0.2) is 24.4 Å². The van der Waals surface area contributed by atoms with E-state index in [1.807, 2.05) is 36.1 Å². The SMILES string of the molecule is Cn1ncc2ccc(CNC(=O)CCS)cc21. The lowest BCUT2D eigenvalue weighted by molar-refractivity contribution is -0.120. The summed E-state index contributed by atoms with van der Waals surface area (Å²) in [5, 5.41) is 8.15. The highest BCUT2D eigenvalue weighted by atomic mass is 32.1. The van der Waals surface area contributed by atoms with Crippen LogP contribution in [0.2, 0.25) is 0 Å². The number of rotatable bonds is 4. The fourth-order valence-corrected chi connectivity index (χ4v) is 1.89. The Morgan fingerprint density at radius 1 is 1.53 bits per heavy atom. The average molecular weight is 249 g/mol. The Hall–Kier alpha value is -1.49. The molecule has 0 saturated carbocycles. The van der Waals surface area contributed by atoms with Gasteiger partial charge in [0, 0.05) is 25.4 Å². The van der Waals surface area contributed by atoms with Gasteiger partial charge in [0.1, 0.15) is 0 Å². The van der Waals surface area contributed by atoms with Crippen LogP contribution in [0.1, 0.15) is 12.0 Å². The average Bonchev–Trinajstić information content (AvgIpc) is 2.69. The van der Waals surface area contributed by atoms with Gasteiger partial charge in [-0.2, -0.15) is 17.7 Å². The maximum Gasteiger partial charge on any atom is 0.221 e. The minimum absolute atomic E-state index is 0.0325. The third-order valence-electron chi connectivity index (χ3n) is 2.64. The topological polar surface area (TPSA) is 46.9 Å². The van der Waals surface area contributed by atoms with Crippen LogP contribution in [0.5, 0.6) is 0 Å². The second kappa shape index (κ2) is 5.23. The molecule has 0 unspecified atom stereocenters. The first-order valence-electron chi connectivity index (χ1n) is 5.49. The van der Waals surface area contributed by atoms with Crippen molar-refractivity contribution in [1.82, 2.24) is 15.1 Å². The van der Waals surface area contributed by atoms with E-state index in [9.17, 15) is 4.79 Å². The quantitative estimate of drug-likeness (QED) is 0.807. The summed E-state index contributed by atoms with van der Waals surface area (Å²) in [6.45, 7) is 0.549. The van der Waals surface area contributed by atoms with Crippen molar-refractivity contribution in [2.45, 2.75) is 13.0 Å². The van der Waals surface area contributed by atoms with Crippen molar-refractivity contribution >= 4 is 29.4 Å². The van der Waals surface area contributed by atoms with E-state index in [1.54, 1.807) is 0 Å². The summed E-state index contributed by atoms with van der Waals surface area (Å²) < 4.78 is 1.83. The van der Waals surface area contributed by atoms with Crippen LogP contribution in [0.4, 0.5) is 0 Å². The lowest BCUT2D eigenvalue weighted by Gasteiger charge is -2.05. The lowest BCUT2D eigenvalue weighted by atomic mass is 10.1. The second-order valence-electron chi connectivity index (χ2n) is 3.91. The maximum atomic E-state index is 11.3. The molecule has 17 heavy (non-hydrogen) atoms. The number of carbonyl (C=O) groups excluding carboxylic acids is 1. The van der Waals surface area contributed by atoms with Crippen LogP contribution in [0, 0.1) is 0 Å². The molecule has 90 valence electrons. The molecule has 1 N–H and O–H groups in total. The first-order valence-corrected chi connectivity index (χ1v) is 6.12. The van der Waals surface area contributed by atoms with Gasteiger partial charge < -0.3 is 5.32 Å². The molecule has 0 bridgehead atoms. The molecular formula is C12H15N3OS. The van der Waals surface area contributed by atoms with Crippen LogP contribution < -0.4 is 5.32 Å². The van der Waals surface area contributed by atoms with Crippen LogP contribution in [0.25, 0.3) is 10.9 Å². The summed E-state index contributed by atoms with van der Waals surface area (Å²) in [7, 11) is 1.91. The van der Waals surface area contributed by atoms with Crippen molar-refractivity contribution in [3.05, 3.63) is 30.0 Å². The molecule has 1 aromatic heterocycles. The number of benzene rings is 1. The van der Waals surface area contributed by atoms with Crippen molar-refractivity contribution in [3.8, 4) is 0 Å². The number of carbonyl (C=O) groups is 1. The molecule has 0 fully saturated rings. The van der Waals surface area contributed by atoms with Crippen molar-refractivity contribution in [2.24, 2.45) is 7.05 Å². The molecular weight excluding hydrogens is 234 g/mol. The molecule has 1 aromatic carbocycles. The van der Waals surface area contributed by atoms with Crippen LogP contribution in [-0.2, 0) is 18.4 Å². The lowest BCUT2D eigenvalue weighted by Crippen LogP contribution is -2.22. The molecule has 4 nitrogen and oxygen atoms in total. The fourth-order valence-electron chi connectivity index (χ4n) is 1.69. The van der Waals surface area contributed by atoms with Gasteiger partial charge in [0.25, 0.3) is 0 Å². The van der Waals surface area contributed by atoms with Crippen LogP contribution in [0.3, 0.4) is 0 Å². The number of hydrogen-bond acceptors (Lipinski definition) is 3. The normalized spacial score (nSPS) is 10.7. The summed E-state index contributed by atoms with van der Waals surface area (Å²) in [5.41, 5.74) is 2.15. The van der Waals surface area contributed by atoms with Crippen LogP contribution in [-0.4, -0.2) is 21.4 Å². The first-order chi connectivity index (χ1) is 8.20. The van der Waals surface area contributed by atoms with Crippen LogP contribution >= 0.6 is 12.6 Å². The zero-order chi connectivity index (χ0) is 12.3. The molecule has 0 radical (unpaired) electrons. The van der Waals surface area contributed by atoms with E-state index in [4.69, 9.17) is 0 Å². The Balaban J connectivity index is 2.08. The van der Waals surface area contributed by atoms with E-state index in [-0.39, 0.29) is 5.91 Å². The molecule has 2 rings (SSSR count). The number of hydrogen-bond donors (Lipinski definition) is 2. The third kappa shape index (κ3) is 2.79. The molecule has 1 amide bonds. The first kappa shape index (κ1) is 12.0. The molecule has 5 heteroatoms. The molecule has 1 heterocycles. The van der Waals surface area contributed by atoms with Gasteiger partial charge in [0.15, 0.2) is 0 Å². The largest absolute Gasteiger partial charge is 0.352 e. The Labute approximate surface area is 105 Å². The summed E-state index contributed by atoms with van der Waals surface area (Å²) in [6, 6.07) is 6.07. The van der Waals surface area contributed by atoms with E-state index in [0.29, 0.717) is 18.7 Å². The van der Waals surface area contributed by atoms with E-state index in [1.165, 1.54) is 0 Å². The Kier molecular flexibility index (Phi) is 3.68. The smallest absolute Gasteiger partial charge is 0.221 e. The van der Waals surface area contributed by atoms with E-state index < -0.39 is 0 Å². The van der Waals surface area contributed by atoms with Crippen molar-refractivity contribution in [1.29, 1.82) is 0 Å². The molecule has 0 aliphatic heterocycles. The number of aryl methyl sites for hydroxylation is 1. The van der Waals surface area contributed by atoms with Gasteiger partial charge in [-0.05, 0) is 17.4 Å². The highest BCUT2D eigenvalue weighted by Crippen LogP contribution is 2.14. The van der Waals surface area contributed by atoms with Crippen molar-refractivity contribution in [2.75, 3.05) is 5.75 Å². The van der Waals surface area contributed by atoms with E-state index in [2.05, 4.69) is 23.0 Å². The fraction of sp³-hybridized carbons (Fsp3) is 0.333. The Morgan fingerprint density at radius 3 is 3.12 bits per heavy atom. The van der Waals surface area contributed by atoms with Gasteiger partial charge in [0.2, 0.25) is 5.91 Å². The van der Waals surface area contributed by atoms with Gasteiger partial charge in [-0.15, -0.1) is 0 Å². The summed E-state index contributed by atoms with van der Waals surface area (Å²) in [6.07, 6.45) is 2.29. The third-order valence-corrected chi connectivity index (χ3v) is 2.87. The van der Waals surface area contributed by atoms with Gasteiger partial charge >= 0.3 is 0 Å². The number of nitrogens with zero attached hydrogens (tertiary/aromatic N) is 2. The second-order valence-corrected chi connectivity index (χ2v) is 4.36. The number of thiol groups is 1. The zero-order valence-corrected chi connectivity index (χ0v) is 10.6. The molecule has 0 aliphatic carbocycles. The minimum atomic E-state index is 0.0325. The Bertz CT molecular complexity index is 536. The number of fused-ring (bicyclic) bond motifs is 1. The van der Waals surface area contributed by atoms with Gasteiger partial charge in [-0.25, -0.2) is 0 Å². The van der Waals surface area contributed by atoms with Gasteiger partial charge in [-0.3, -0.25) is 9.48 Å². The van der Waals surface area contributed by atoms with Crippen molar-refractivity contribution in [3.63, 3.8) is 0 Å². The monoisotopic (exact) mass is 249 g/mol. The predicted molar refractivity (Wildman–Crippen MR) is 71.0 cm³/mol. The van der Waals surface area contributed by atoms with Gasteiger partial charge in [-0.1, -0.05) is 12.1 Å². The molecule has 0 atom stereocenters. The Morgan fingerprint density at radius 2 is 2.35 bits per heavy atom. The minimum Gasteiger partial charge on any atom is -0.352 e. The molecule has 2 aromatic rings. The summed E-state index contributed by atoms with van der Waals surface area (Å²) >= 11 is 4.02. The predicted octanol–water partition coefficient (Wildman–Crippen LogP) is 1.51. The van der Waals surface area contributed by atoms with E-state index >= 15 is 0 Å². The summed E-state index contributed by atoms with van der Waals surface area (Å²) in [4.78, 5) is 11.3. The highest BCUT2D eigenvalue weighted by Gasteiger charge is 2.03.